The summed E-state index contributed by atoms with van der Waals surface area (Å²) in [6, 6.07) is 9.58. The Bertz CT molecular complexity index is 687. The predicted octanol–water partition coefficient (Wildman–Crippen LogP) is 0.0690. The van der Waals surface area contributed by atoms with Crippen molar-refractivity contribution in [2.24, 2.45) is 0 Å². The summed E-state index contributed by atoms with van der Waals surface area (Å²) in [6.45, 7) is 1.98. The van der Waals surface area contributed by atoms with Crippen LogP contribution in [0.15, 0.2) is 40.3 Å². The van der Waals surface area contributed by atoms with Gasteiger partial charge in [0.15, 0.2) is 0 Å². The van der Waals surface area contributed by atoms with Gasteiger partial charge in [-0.1, -0.05) is 42.1 Å². The summed E-state index contributed by atoms with van der Waals surface area (Å²) in [7, 11) is 0. The number of hydrogen-bond acceptors (Lipinski definition) is 6. The number of carbonyl (C=O) groups is 1. The van der Waals surface area contributed by atoms with E-state index in [0.717, 1.165) is 22.0 Å². The van der Waals surface area contributed by atoms with Crippen molar-refractivity contribution in [1.82, 2.24) is 20.2 Å². The zero-order valence-electron chi connectivity index (χ0n) is 11.4. The van der Waals surface area contributed by atoms with Crippen LogP contribution in [-0.2, 0) is 11.3 Å². The van der Waals surface area contributed by atoms with Crippen molar-refractivity contribution in [3.63, 3.8) is 0 Å². The molecule has 1 amide bonds. The van der Waals surface area contributed by atoms with Crippen molar-refractivity contribution in [3.8, 4) is 0 Å². The molecule has 7 nitrogen and oxygen atoms in total. The van der Waals surface area contributed by atoms with E-state index in [4.69, 9.17) is 5.84 Å². The summed E-state index contributed by atoms with van der Waals surface area (Å²) in [6.07, 6.45) is 0. The van der Waals surface area contributed by atoms with Gasteiger partial charge in [-0.15, -0.1) is 10.2 Å². The predicted molar refractivity (Wildman–Crippen MR) is 80.2 cm³/mol. The Kier molecular flexibility index (Phi) is 4.94. The molecule has 0 aliphatic carbocycles. The highest BCUT2D eigenvalue weighted by Crippen LogP contribution is 2.10. The highest BCUT2D eigenvalue weighted by molar-refractivity contribution is 7.99. The molecule has 1 aromatic carbocycles. The second kappa shape index (κ2) is 6.89. The number of nitrogens with two attached hydrogens (primary N) is 1. The van der Waals surface area contributed by atoms with Crippen LogP contribution < -0.4 is 16.7 Å². The van der Waals surface area contributed by atoms with E-state index in [1.165, 1.54) is 6.92 Å². The van der Waals surface area contributed by atoms with Crippen molar-refractivity contribution in [1.29, 1.82) is 0 Å². The summed E-state index contributed by atoms with van der Waals surface area (Å²) < 4.78 is 0.900. The third-order valence-electron chi connectivity index (χ3n) is 2.68. The fourth-order valence-electron chi connectivity index (χ4n) is 1.55. The van der Waals surface area contributed by atoms with Crippen molar-refractivity contribution < 1.29 is 4.79 Å². The van der Waals surface area contributed by atoms with Crippen LogP contribution in [0, 0.1) is 6.92 Å². The van der Waals surface area contributed by atoms with Crippen LogP contribution in [0.3, 0.4) is 0 Å². The van der Waals surface area contributed by atoms with Gasteiger partial charge in [0.25, 0.3) is 5.56 Å². The molecule has 0 saturated heterocycles. The van der Waals surface area contributed by atoms with Crippen molar-refractivity contribution >= 4 is 17.7 Å². The summed E-state index contributed by atoms with van der Waals surface area (Å²) in [5, 5.41) is 10.5. The van der Waals surface area contributed by atoms with Gasteiger partial charge >= 0.3 is 0 Å². The van der Waals surface area contributed by atoms with E-state index in [2.05, 4.69) is 15.5 Å². The molecule has 0 spiro atoms. The number of thioether (sulfide) groups is 1. The smallest absolute Gasteiger partial charge is 0.294 e. The average Bonchev–Trinajstić information content (AvgIpc) is 2.51. The molecular weight excluding hydrogens is 290 g/mol. The van der Waals surface area contributed by atoms with Crippen LogP contribution >= 0.6 is 11.8 Å². The second-order valence-corrected chi connectivity index (χ2v) is 5.24. The van der Waals surface area contributed by atoms with Crippen molar-refractivity contribution in [2.45, 2.75) is 18.6 Å². The molecule has 0 fully saturated rings. The lowest BCUT2D eigenvalue weighted by molar-refractivity contribution is -0.118. The quantitative estimate of drug-likeness (QED) is 0.598. The van der Waals surface area contributed by atoms with E-state index in [0.29, 0.717) is 6.54 Å². The first-order valence-electron chi connectivity index (χ1n) is 6.23. The van der Waals surface area contributed by atoms with Gasteiger partial charge in [-0.25, -0.2) is 0 Å². The fraction of sp³-hybridized carbons (Fsp3) is 0.231. The minimum absolute atomic E-state index is 0.112. The summed E-state index contributed by atoms with van der Waals surface area (Å²) in [5.41, 5.74) is 0.814. The summed E-state index contributed by atoms with van der Waals surface area (Å²) in [4.78, 5) is 23.3. The monoisotopic (exact) mass is 305 g/mol. The molecular formula is C13H15N5O2S. The Hall–Kier alpha value is -2.35. The Balaban J connectivity index is 1.87. The number of carbonyl (C=O) groups excluding carboxylic acids is 1. The Morgan fingerprint density at radius 3 is 2.76 bits per heavy atom. The normalized spacial score (nSPS) is 10.3. The van der Waals surface area contributed by atoms with Crippen LogP contribution in [0.25, 0.3) is 0 Å². The number of rotatable bonds is 5. The maximum Gasteiger partial charge on any atom is 0.294 e. The maximum atomic E-state index is 11.7. The number of nitrogens with zero attached hydrogens (tertiary/aromatic N) is 3. The molecule has 0 radical (unpaired) electrons. The van der Waals surface area contributed by atoms with Crippen LogP contribution in [0.4, 0.5) is 0 Å². The number of aromatic nitrogens is 3. The maximum absolute atomic E-state index is 11.7. The highest BCUT2D eigenvalue weighted by Gasteiger charge is 2.10. The van der Waals surface area contributed by atoms with Crippen molar-refractivity contribution in [2.75, 3.05) is 11.6 Å². The third-order valence-corrected chi connectivity index (χ3v) is 3.63. The molecule has 0 aliphatic rings. The first kappa shape index (κ1) is 15.0. The topological polar surface area (TPSA) is 103 Å². The lowest BCUT2D eigenvalue weighted by atomic mass is 10.2. The van der Waals surface area contributed by atoms with Crippen LogP contribution in [0.2, 0.25) is 0 Å². The molecule has 1 aromatic heterocycles. The Morgan fingerprint density at radius 1 is 1.33 bits per heavy atom. The molecule has 3 N–H and O–H groups in total. The van der Waals surface area contributed by atoms with E-state index >= 15 is 0 Å². The number of aryl methyl sites for hydroxylation is 1. The number of nitrogens with one attached hydrogen (secondary N) is 1. The van der Waals surface area contributed by atoms with Gasteiger partial charge in [0.2, 0.25) is 11.1 Å². The van der Waals surface area contributed by atoms with E-state index in [-0.39, 0.29) is 22.5 Å². The van der Waals surface area contributed by atoms with Gasteiger partial charge in [0.05, 0.1) is 5.75 Å². The number of benzene rings is 1. The molecule has 0 saturated carbocycles. The molecule has 0 atom stereocenters. The fourth-order valence-corrected chi connectivity index (χ4v) is 2.23. The van der Waals surface area contributed by atoms with Crippen LogP contribution in [0.5, 0.6) is 0 Å². The highest BCUT2D eigenvalue weighted by atomic mass is 32.2. The molecule has 2 aromatic rings. The molecule has 8 heteroatoms. The molecule has 0 bridgehead atoms. The minimum Gasteiger partial charge on any atom is -0.351 e. The van der Waals surface area contributed by atoms with E-state index in [9.17, 15) is 9.59 Å². The zero-order chi connectivity index (χ0) is 15.2. The number of nitrogen functional groups attached to an aromatic ring is 1. The Labute approximate surface area is 125 Å². The second-order valence-electron chi connectivity index (χ2n) is 4.29. The zero-order valence-corrected chi connectivity index (χ0v) is 12.3. The molecule has 1 heterocycles. The first-order chi connectivity index (χ1) is 10.1. The molecule has 110 valence electrons. The van der Waals surface area contributed by atoms with E-state index in [1.54, 1.807) is 0 Å². The first-order valence-corrected chi connectivity index (χ1v) is 7.21. The van der Waals surface area contributed by atoms with Gasteiger partial charge in [-0.2, -0.15) is 4.68 Å². The van der Waals surface area contributed by atoms with E-state index < -0.39 is 5.56 Å². The van der Waals surface area contributed by atoms with Gasteiger partial charge in [0, 0.05) is 6.54 Å². The SMILES string of the molecule is Cc1nnc(SCC(=O)NCc2ccccc2)n(N)c1=O. The molecule has 21 heavy (non-hydrogen) atoms. The summed E-state index contributed by atoms with van der Waals surface area (Å²) >= 11 is 1.07. The lowest BCUT2D eigenvalue weighted by Gasteiger charge is -2.07. The minimum atomic E-state index is -0.419. The third kappa shape index (κ3) is 4.06. The standard InChI is InChI=1S/C13H15N5O2S/c1-9-12(20)18(14)13(17-16-9)21-8-11(19)15-7-10-5-3-2-4-6-10/h2-6H,7-8,14H2,1H3,(H,15,19). The largest absolute Gasteiger partial charge is 0.351 e. The van der Waals surface area contributed by atoms with Gasteiger partial charge in [-0.3, -0.25) is 9.59 Å². The molecule has 2 rings (SSSR count). The van der Waals surface area contributed by atoms with E-state index in [1.807, 2.05) is 30.3 Å². The summed E-state index contributed by atoms with van der Waals surface area (Å²) in [5.74, 6) is 5.53. The van der Waals surface area contributed by atoms with Gasteiger partial charge < -0.3 is 11.2 Å². The average molecular weight is 305 g/mol. The van der Waals surface area contributed by atoms with Gasteiger partial charge in [-0.05, 0) is 12.5 Å². The molecule has 0 unspecified atom stereocenters. The van der Waals surface area contributed by atoms with Crippen LogP contribution in [-0.4, -0.2) is 26.5 Å². The number of amides is 1. The Morgan fingerprint density at radius 2 is 2.05 bits per heavy atom. The molecule has 0 aliphatic heterocycles. The van der Waals surface area contributed by atoms with Crippen molar-refractivity contribution in [3.05, 3.63) is 51.9 Å². The van der Waals surface area contributed by atoms with Crippen LogP contribution in [0.1, 0.15) is 11.3 Å². The lowest BCUT2D eigenvalue weighted by Crippen LogP contribution is -2.33. The van der Waals surface area contributed by atoms with Gasteiger partial charge in [0.1, 0.15) is 5.69 Å². The number of hydrogen-bond donors (Lipinski definition) is 2.